The number of nitrogens with zero attached hydrogens (tertiary/aromatic N) is 1. The zero-order chi connectivity index (χ0) is 25.2. The van der Waals surface area contributed by atoms with Crippen LogP contribution in [0.1, 0.15) is 48.2 Å². The molecule has 178 valence electrons. The number of rotatable bonds is 6. The second kappa shape index (κ2) is 9.68. The molecule has 0 aliphatic heterocycles. The van der Waals surface area contributed by atoms with Crippen LogP contribution >= 0.6 is 0 Å². The van der Waals surface area contributed by atoms with Gasteiger partial charge in [0.05, 0.1) is 16.3 Å². The van der Waals surface area contributed by atoms with E-state index in [0.717, 1.165) is 5.56 Å². The number of sulfonamides is 1. The van der Waals surface area contributed by atoms with Gasteiger partial charge in [0, 0.05) is 29.4 Å². The predicted octanol–water partition coefficient (Wildman–Crippen LogP) is 5.14. The fraction of sp³-hybridized carbons (Fsp3) is 0.148. The Morgan fingerprint density at radius 3 is 2.06 bits per heavy atom. The molecule has 1 aliphatic rings. The fourth-order valence-corrected chi connectivity index (χ4v) is 4.70. The number of ketones is 1. The summed E-state index contributed by atoms with van der Waals surface area (Å²) in [6.07, 6.45) is 1.45. The summed E-state index contributed by atoms with van der Waals surface area (Å²) in [6, 6.07) is 20.3. The molecule has 0 spiro atoms. The van der Waals surface area contributed by atoms with Crippen LogP contribution in [0.2, 0.25) is 0 Å². The van der Waals surface area contributed by atoms with Crippen LogP contribution in [0.5, 0.6) is 0 Å². The smallest absolute Gasteiger partial charge is 0.282 e. The number of Topliss-reactive ketones (excluding diaryl/α,β-unsaturated/α-hetero) is 1. The van der Waals surface area contributed by atoms with Crippen molar-refractivity contribution in [3.05, 3.63) is 101 Å². The third kappa shape index (κ3) is 5.38. The second-order valence-electron chi connectivity index (χ2n) is 8.49. The van der Waals surface area contributed by atoms with E-state index in [1.165, 1.54) is 13.0 Å². The number of hydrogen-bond acceptors (Lipinski definition) is 5. The van der Waals surface area contributed by atoms with Crippen LogP contribution in [0.4, 0.5) is 11.4 Å². The molecule has 8 heteroatoms. The molecule has 0 radical (unpaired) electrons. The van der Waals surface area contributed by atoms with Crippen molar-refractivity contribution in [2.45, 2.75) is 31.6 Å². The van der Waals surface area contributed by atoms with E-state index in [2.05, 4.69) is 15.0 Å². The zero-order valence-corrected chi connectivity index (χ0v) is 20.4. The lowest BCUT2D eigenvalue weighted by Gasteiger charge is -2.19. The molecule has 0 bridgehead atoms. The Balaban J connectivity index is 1.71. The van der Waals surface area contributed by atoms with Crippen molar-refractivity contribution in [3.63, 3.8) is 0 Å². The van der Waals surface area contributed by atoms with Crippen molar-refractivity contribution in [2.24, 2.45) is 4.40 Å². The highest BCUT2D eigenvalue weighted by atomic mass is 32.2. The number of amides is 1. The number of allylic oxidation sites excluding steroid dienone is 2. The average molecular weight is 488 g/mol. The van der Waals surface area contributed by atoms with Crippen LogP contribution in [0, 0.1) is 0 Å². The van der Waals surface area contributed by atoms with Gasteiger partial charge in [0.2, 0.25) is 11.7 Å². The quantitative estimate of drug-likeness (QED) is 0.501. The number of fused-ring (bicyclic) bond motifs is 1. The molecule has 0 fully saturated rings. The fourth-order valence-electron chi connectivity index (χ4n) is 3.70. The molecule has 0 saturated heterocycles. The van der Waals surface area contributed by atoms with Gasteiger partial charge in [-0.15, -0.1) is 0 Å². The van der Waals surface area contributed by atoms with Gasteiger partial charge in [-0.25, -0.2) is 0 Å². The average Bonchev–Trinajstić information content (AvgIpc) is 2.83. The van der Waals surface area contributed by atoms with Gasteiger partial charge in [-0.05, 0) is 54.0 Å². The van der Waals surface area contributed by atoms with E-state index < -0.39 is 10.0 Å². The standard InChI is InChI=1S/C27H25N3O4S/c1-17(2)19-8-14-22(15-9-19)35(33,34)30-25-16-26(27(32)24-7-5-4-6-23(24)25)29-21-12-10-20(11-13-21)28-18(3)31/h4-17,29H,1-3H3,(H,28,31). The lowest BCUT2D eigenvalue weighted by molar-refractivity contribution is -0.114. The van der Waals surface area contributed by atoms with E-state index in [1.807, 2.05) is 13.8 Å². The highest BCUT2D eigenvalue weighted by Crippen LogP contribution is 2.26. The molecule has 0 heterocycles. The highest BCUT2D eigenvalue weighted by Gasteiger charge is 2.26. The first-order valence-electron chi connectivity index (χ1n) is 11.1. The van der Waals surface area contributed by atoms with Crippen molar-refractivity contribution >= 4 is 38.8 Å². The van der Waals surface area contributed by atoms with E-state index >= 15 is 0 Å². The first kappa shape index (κ1) is 24.1. The van der Waals surface area contributed by atoms with Crippen LogP contribution in [0.15, 0.2) is 93.9 Å². The van der Waals surface area contributed by atoms with Gasteiger partial charge in [0.1, 0.15) is 0 Å². The molecule has 1 aliphatic carbocycles. The van der Waals surface area contributed by atoms with Crippen LogP contribution < -0.4 is 10.6 Å². The lowest BCUT2D eigenvalue weighted by Crippen LogP contribution is -2.22. The molecule has 3 aromatic rings. The summed E-state index contributed by atoms with van der Waals surface area (Å²) in [5, 5.41) is 5.73. The van der Waals surface area contributed by atoms with Crippen LogP contribution in [-0.4, -0.2) is 25.8 Å². The minimum Gasteiger partial charge on any atom is -0.352 e. The summed E-state index contributed by atoms with van der Waals surface area (Å²) in [5.74, 6) is -0.185. The van der Waals surface area contributed by atoms with Gasteiger partial charge < -0.3 is 10.6 Å². The molecule has 0 aromatic heterocycles. The third-order valence-corrected chi connectivity index (χ3v) is 6.83. The van der Waals surface area contributed by atoms with E-state index in [4.69, 9.17) is 0 Å². The van der Waals surface area contributed by atoms with Crippen molar-refractivity contribution < 1.29 is 18.0 Å². The van der Waals surface area contributed by atoms with Gasteiger partial charge in [0.25, 0.3) is 10.0 Å². The van der Waals surface area contributed by atoms with Crippen LogP contribution in [0.3, 0.4) is 0 Å². The number of hydrogen-bond donors (Lipinski definition) is 2. The maximum atomic E-state index is 13.1. The normalized spacial score (nSPS) is 14.5. The number of anilines is 2. The molecule has 2 N–H and O–H groups in total. The Labute approximate surface area is 204 Å². The molecule has 3 aromatic carbocycles. The third-order valence-electron chi connectivity index (χ3n) is 5.52. The molecule has 4 rings (SSSR count). The monoisotopic (exact) mass is 487 g/mol. The van der Waals surface area contributed by atoms with Crippen molar-refractivity contribution in [1.29, 1.82) is 0 Å². The molecular formula is C27H25N3O4S. The summed E-state index contributed by atoms with van der Waals surface area (Å²) < 4.78 is 30.3. The second-order valence-corrected chi connectivity index (χ2v) is 10.1. The molecule has 1 amide bonds. The minimum atomic E-state index is -4.01. The number of nitrogens with one attached hydrogen (secondary N) is 2. The van der Waals surface area contributed by atoms with Crippen molar-refractivity contribution in [2.75, 3.05) is 10.6 Å². The van der Waals surface area contributed by atoms with E-state index in [1.54, 1.807) is 72.8 Å². The van der Waals surface area contributed by atoms with Crippen molar-refractivity contribution in [3.8, 4) is 0 Å². The summed E-state index contributed by atoms with van der Waals surface area (Å²) in [6.45, 7) is 5.49. The molecule has 7 nitrogen and oxygen atoms in total. The SMILES string of the molecule is CC(=O)Nc1ccc(NC2=CC(=NS(=O)(=O)c3ccc(C(C)C)cc3)c3ccccc3C2=O)cc1. The number of carbonyl (C=O) groups is 2. The Morgan fingerprint density at radius 1 is 0.857 bits per heavy atom. The summed E-state index contributed by atoms with van der Waals surface area (Å²) in [5.41, 5.74) is 3.42. The number of carbonyl (C=O) groups excluding carboxylic acids is 2. The van der Waals surface area contributed by atoms with Gasteiger partial charge in [-0.1, -0.05) is 50.2 Å². The van der Waals surface area contributed by atoms with Crippen LogP contribution in [0.25, 0.3) is 0 Å². The molecule has 35 heavy (non-hydrogen) atoms. The Hall–Kier alpha value is -4.04. The van der Waals surface area contributed by atoms with Gasteiger partial charge in [0.15, 0.2) is 0 Å². The topological polar surface area (TPSA) is 105 Å². The Bertz CT molecular complexity index is 1450. The largest absolute Gasteiger partial charge is 0.352 e. The first-order valence-corrected chi connectivity index (χ1v) is 12.5. The summed E-state index contributed by atoms with van der Waals surface area (Å²) in [7, 11) is -4.01. The van der Waals surface area contributed by atoms with E-state index in [9.17, 15) is 18.0 Å². The molecular weight excluding hydrogens is 462 g/mol. The van der Waals surface area contributed by atoms with E-state index in [0.29, 0.717) is 22.5 Å². The van der Waals surface area contributed by atoms with Gasteiger partial charge in [-0.2, -0.15) is 12.8 Å². The zero-order valence-electron chi connectivity index (χ0n) is 19.6. The lowest BCUT2D eigenvalue weighted by atomic mass is 9.92. The van der Waals surface area contributed by atoms with Crippen molar-refractivity contribution in [1.82, 2.24) is 0 Å². The Kier molecular flexibility index (Phi) is 6.66. The Morgan fingerprint density at radius 2 is 1.46 bits per heavy atom. The molecule has 0 atom stereocenters. The van der Waals surface area contributed by atoms with Gasteiger partial charge in [-0.3, -0.25) is 9.59 Å². The highest BCUT2D eigenvalue weighted by molar-refractivity contribution is 7.90. The predicted molar refractivity (Wildman–Crippen MR) is 137 cm³/mol. The minimum absolute atomic E-state index is 0.0836. The molecule has 0 saturated carbocycles. The summed E-state index contributed by atoms with van der Waals surface area (Å²) >= 11 is 0. The summed E-state index contributed by atoms with van der Waals surface area (Å²) in [4.78, 5) is 24.4. The van der Waals surface area contributed by atoms with Crippen LogP contribution in [-0.2, 0) is 14.8 Å². The van der Waals surface area contributed by atoms with Gasteiger partial charge >= 0.3 is 0 Å². The first-order chi connectivity index (χ1) is 16.6. The maximum Gasteiger partial charge on any atom is 0.282 e. The maximum absolute atomic E-state index is 13.1. The van der Waals surface area contributed by atoms with E-state index in [-0.39, 0.29) is 33.9 Å². The number of benzene rings is 3. The molecule has 0 unspecified atom stereocenters.